The molecule has 0 unspecified atom stereocenters. The molecule has 30 heavy (non-hydrogen) atoms. The molecule has 1 fully saturated rings. The van der Waals surface area contributed by atoms with Crippen molar-refractivity contribution in [2.75, 3.05) is 32.8 Å². The minimum absolute atomic E-state index is 0.221. The van der Waals surface area contributed by atoms with Crippen molar-refractivity contribution in [1.82, 2.24) is 19.6 Å². The molecular formula is C22H22N4O4. The number of nitrogens with zero attached hydrogens (tertiary/aromatic N) is 4. The molecule has 2 aromatic carbocycles. The van der Waals surface area contributed by atoms with Crippen molar-refractivity contribution in [3.05, 3.63) is 70.6 Å². The molecule has 0 aliphatic carbocycles. The van der Waals surface area contributed by atoms with E-state index in [0.29, 0.717) is 49.2 Å². The number of amides is 2. The smallest absolute Gasteiger partial charge is 0.409 e. The maximum Gasteiger partial charge on any atom is 0.409 e. The van der Waals surface area contributed by atoms with Crippen LogP contribution in [0.5, 0.6) is 0 Å². The van der Waals surface area contributed by atoms with Crippen LogP contribution in [0, 0.1) is 0 Å². The average molecular weight is 406 g/mol. The van der Waals surface area contributed by atoms with Crippen LogP contribution in [0.4, 0.5) is 4.79 Å². The van der Waals surface area contributed by atoms with Gasteiger partial charge in [0, 0.05) is 31.6 Å². The molecule has 2 amide bonds. The minimum atomic E-state index is -0.370. The molecule has 154 valence electrons. The van der Waals surface area contributed by atoms with Crippen LogP contribution in [0.3, 0.4) is 0 Å². The fraction of sp³-hybridized carbons (Fsp3) is 0.273. The van der Waals surface area contributed by atoms with Crippen LogP contribution in [0.2, 0.25) is 0 Å². The molecule has 0 N–H and O–H groups in total. The first-order chi connectivity index (χ1) is 14.6. The summed E-state index contributed by atoms with van der Waals surface area (Å²) >= 11 is 0. The van der Waals surface area contributed by atoms with E-state index < -0.39 is 0 Å². The predicted molar refractivity (Wildman–Crippen MR) is 112 cm³/mol. The van der Waals surface area contributed by atoms with Crippen LogP contribution in [-0.2, 0) is 4.74 Å². The van der Waals surface area contributed by atoms with Crippen LogP contribution in [0.25, 0.3) is 16.5 Å². The Balaban J connectivity index is 1.69. The van der Waals surface area contributed by atoms with E-state index in [4.69, 9.17) is 4.74 Å². The average Bonchev–Trinajstić information content (AvgIpc) is 2.80. The van der Waals surface area contributed by atoms with Crippen molar-refractivity contribution in [2.24, 2.45) is 0 Å². The fourth-order valence-corrected chi connectivity index (χ4v) is 3.55. The Kier molecular flexibility index (Phi) is 5.47. The molecule has 1 aliphatic rings. The Morgan fingerprint density at radius 2 is 1.50 bits per heavy atom. The lowest BCUT2D eigenvalue weighted by Crippen LogP contribution is -2.51. The number of para-hydroxylation sites is 1. The van der Waals surface area contributed by atoms with E-state index in [1.165, 1.54) is 4.68 Å². The summed E-state index contributed by atoms with van der Waals surface area (Å²) in [6.45, 7) is 3.60. The van der Waals surface area contributed by atoms with Crippen molar-refractivity contribution >= 4 is 22.8 Å². The Morgan fingerprint density at radius 3 is 2.17 bits per heavy atom. The van der Waals surface area contributed by atoms with Gasteiger partial charge in [0.1, 0.15) is 0 Å². The van der Waals surface area contributed by atoms with Crippen molar-refractivity contribution in [3.8, 4) is 5.69 Å². The van der Waals surface area contributed by atoms with E-state index >= 15 is 0 Å². The van der Waals surface area contributed by atoms with E-state index in [9.17, 15) is 14.4 Å². The van der Waals surface area contributed by atoms with Crippen LogP contribution in [-0.4, -0.2) is 64.4 Å². The van der Waals surface area contributed by atoms with Crippen molar-refractivity contribution in [3.63, 3.8) is 0 Å². The Bertz CT molecular complexity index is 1130. The molecular weight excluding hydrogens is 384 g/mol. The lowest BCUT2D eigenvalue weighted by molar-refractivity contribution is 0.0566. The number of fused-ring (bicyclic) bond motifs is 1. The molecule has 0 saturated carbocycles. The molecule has 0 spiro atoms. The monoisotopic (exact) mass is 406 g/mol. The standard InChI is InChI=1S/C22H22N4O4/c1-2-30-22(29)25-14-12-24(13-15-25)21(28)19-17-10-6-7-11-18(17)20(27)26(23-19)16-8-4-3-5-9-16/h3-11H,2,12-15H2,1H3. The van der Waals surface area contributed by atoms with E-state index in [2.05, 4.69) is 5.10 Å². The molecule has 0 radical (unpaired) electrons. The van der Waals surface area contributed by atoms with Crippen molar-refractivity contribution in [1.29, 1.82) is 0 Å². The first-order valence-corrected chi connectivity index (χ1v) is 9.88. The van der Waals surface area contributed by atoms with Gasteiger partial charge in [0.25, 0.3) is 11.5 Å². The summed E-state index contributed by atoms with van der Waals surface area (Å²) in [7, 11) is 0. The number of carbonyl (C=O) groups excluding carboxylic acids is 2. The van der Waals surface area contributed by atoms with Gasteiger partial charge in [-0.25, -0.2) is 4.79 Å². The highest BCUT2D eigenvalue weighted by atomic mass is 16.6. The first-order valence-electron chi connectivity index (χ1n) is 9.88. The van der Waals surface area contributed by atoms with Gasteiger partial charge >= 0.3 is 6.09 Å². The third kappa shape index (κ3) is 3.63. The second-order valence-electron chi connectivity index (χ2n) is 6.92. The zero-order chi connectivity index (χ0) is 21.1. The second kappa shape index (κ2) is 8.36. The van der Waals surface area contributed by atoms with Gasteiger partial charge in [0.15, 0.2) is 5.69 Å². The van der Waals surface area contributed by atoms with E-state index in [0.717, 1.165) is 0 Å². The quantitative estimate of drug-likeness (QED) is 0.666. The molecule has 8 nitrogen and oxygen atoms in total. The number of rotatable bonds is 3. The summed E-state index contributed by atoms with van der Waals surface area (Å²) in [5.41, 5.74) is 0.536. The van der Waals surface area contributed by atoms with Gasteiger partial charge in [-0.1, -0.05) is 36.4 Å². The highest BCUT2D eigenvalue weighted by molar-refractivity contribution is 6.05. The molecule has 0 bridgehead atoms. The number of benzene rings is 2. The number of ether oxygens (including phenoxy) is 1. The summed E-state index contributed by atoms with van der Waals surface area (Å²) in [5, 5.41) is 5.39. The van der Waals surface area contributed by atoms with Crippen molar-refractivity contribution in [2.45, 2.75) is 6.92 Å². The van der Waals surface area contributed by atoms with Crippen LogP contribution < -0.4 is 5.56 Å². The molecule has 1 saturated heterocycles. The zero-order valence-corrected chi connectivity index (χ0v) is 16.7. The van der Waals surface area contributed by atoms with Gasteiger partial charge in [0.2, 0.25) is 0 Å². The molecule has 2 heterocycles. The fourth-order valence-electron chi connectivity index (χ4n) is 3.55. The predicted octanol–water partition coefficient (Wildman–Crippen LogP) is 2.30. The van der Waals surface area contributed by atoms with Crippen LogP contribution >= 0.6 is 0 Å². The molecule has 1 aliphatic heterocycles. The lowest BCUT2D eigenvalue weighted by Gasteiger charge is -2.34. The molecule has 0 atom stereocenters. The highest BCUT2D eigenvalue weighted by Gasteiger charge is 2.28. The van der Waals surface area contributed by atoms with Gasteiger partial charge in [-0.15, -0.1) is 0 Å². The summed E-state index contributed by atoms with van der Waals surface area (Å²) < 4.78 is 6.30. The zero-order valence-electron chi connectivity index (χ0n) is 16.7. The number of carbonyl (C=O) groups is 2. The van der Waals surface area contributed by atoms with Crippen LogP contribution in [0.1, 0.15) is 17.4 Å². The van der Waals surface area contributed by atoms with Crippen molar-refractivity contribution < 1.29 is 14.3 Å². The topological polar surface area (TPSA) is 84.7 Å². The molecule has 8 heteroatoms. The molecule has 3 aromatic rings. The minimum Gasteiger partial charge on any atom is -0.450 e. The number of aromatic nitrogens is 2. The number of piperazine rings is 1. The Hall–Kier alpha value is -3.68. The normalized spacial score (nSPS) is 14.0. The largest absolute Gasteiger partial charge is 0.450 e. The van der Waals surface area contributed by atoms with Gasteiger partial charge in [-0.3, -0.25) is 9.59 Å². The first kappa shape index (κ1) is 19.6. The second-order valence-corrected chi connectivity index (χ2v) is 6.92. The third-order valence-corrected chi connectivity index (χ3v) is 5.10. The number of hydrogen-bond donors (Lipinski definition) is 0. The van der Waals surface area contributed by atoms with E-state index in [-0.39, 0.29) is 23.3 Å². The maximum absolute atomic E-state index is 13.3. The third-order valence-electron chi connectivity index (χ3n) is 5.10. The lowest BCUT2D eigenvalue weighted by atomic mass is 10.1. The van der Waals surface area contributed by atoms with Crippen LogP contribution in [0.15, 0.2) is 59.4 Å². The van der Waals surface area contributed by atoms with E-state index in [1.54, 1.807) is 53.1 Å². The number of hydrogen-bond acceptors (Lipinski definition) is 5. The SMILES string of the molecule is CCOC(=O)N1CCN(C(=O)c2nn(-c3ccccc3)c(=O)c3ccccc23)CC1. The molecule has 4 rings (SSSR count). The summed E-state index contributed by atoms with van der Waals surface area (Å²) in [6.07, 6.45) is -0.370. The maximum atomic E-state index is 13.3. The summed E-state index contributed by atoms with van der Waals surface area (Å²) in [5.74, 6) is -0.264. The van der Waals surface area contributed by atoms with Gasteiger partial charge in [-0.05, 0) is 25.1 Å². The molecule has 1 aromatic heterocycles. The Labute approximate surface area is 173 Å². The summed E-state index contributed by atoms with van der Waals surface area (Å²) in [4.78, 5) is 41.5. The van der Waals surface area contributed by atoms with Gasteiger partial charge < -0.3 is 14.5 Å². The Morgan fingerprint density at radius 1 is 0.900 bits per heavy atom. The van der Waals surface area contributed by atoms with Gasteiger partial charge in [-0.2, -0.15) is 9.78 Å². The van der Waals surface area contributed by atoms with Gasteiger partial charge in [0.05, 0.1) is 17.7 Å². The summed E-state index contributed by atoms with van der Waals surface area (Å²) in [6, 6.07) is 16.0. The van der Waals surface area contributed by atoms with E-state index in [1.807, 2.05) is 18.2 Å². The highest BCUT2D eigenvalue weighted by Crippen LogP contribution is 2.18.